The first-order chi connectivity index (χ1) is 6.53. The monoisotopic (exact) mass is 198 g/mol. The summed E-state index contributed by atoms with van der Waals surface area (Å²) < 4.78 is 26.1. The molecule has 0 heterocycles. The van der Waals surface area contributed by atoms with E-state index in [2.05, 4.69) is 0 Å². The number of benzene rings is 1. The lowest BCUT2D eigenvalue weighted by Crippen LogP contribution is -2.11. The van der Waals surface area contributed by atoms with Crippen molar-refractivity contribution in [3.05, 3.63) is 35.4 Å². The Morgan fingerprint density at radius 2 is 2.00 bits per heavy atom. The van der Waals surface area contributed by atoms with Crippen LogP contribution in [0, 0.1) is 17.0 Å². The summed E-state index contributed by atoms with van der Waals surface area (Å²) in [5.41, 5.74) is -0.181. The first-order valence-electron chi connectivity index (χ1n) is 4.66. The molecule has 1 atom stereocenters. The summed E-state index contributed by atoms with van der Waals surface area (Å²) >= 11 is 0. The number of halogens is 2. The van der Waals surface area contributed by atoms with Gasteiger partial charge in [0.15, 0.2) is 0 Å². The summed E-state index contributed by atoms with van der Waals surface area (Å²) in [4.78, 5) is 0. The molecule has 0 spiro atoms. The van der Waals surface area contributed by atoms with Crippen molar-refractivity contribution >= 4 is 0 Å². The standard InChI is InChI=1S/C11H12F2O/c1-11(4-5-11)10(14)8-6-7(12)2-3-9(8)13/h2-3,6,10,14H,4-5H2,1H3. The molecule has 76 valence electrons. The summed E-state index contributed by atoms with van der Waals surface area (Å²) in [7, 11) is 0. The van der Waals surface area contributed by atoms with Gasteiger partial charge in [0, 0.05) is 5.56 Å². The van der Waals surface area contributed by atoms with Gasteiger partial charge in [-0.15, -0.1) is 0 Å². The van der Waals surface area contributed by atoms with Crippen LogP contribution < -0.4 is 0 Å². The summed E-state index contributed by atoms with van der Waals surface area (Å²) in [6, 6.07) is 3.18. The Bertz CT molecular complexity index is 358. The molecule has 3 heteroatoms. The van der Waals surface area contributed by atoms with E-state index in [1.807, 2.05) is 6.92 Å². The average molecular weight is 198 g/mol. The number of hydrogen-bond acceptors (Lipinski definition) is 1. The molecule has 2 rings (SSSR count). The minimum atomic E-state index is -0.891. The highest BCUT2D eigenvalue weighted by molar-refractivity contribution is 5.24. The van der Waals surface area contributed by atoms with Gasteiger partial charge in [0.25, 0.3) is 0 Å². The Morgan fingerprint density at radius 1 is 1.36 bits per heavy atom. The lowest BCUT2D eigenvalue weighted by atomic mass is 9.94. The molecule has 1 saturated carbocycles. The number of rotatable bonds is 2. The van der Waals surface area contributed by atoms with Crippen LogP contribution in [0.15, 0.2) is 18.2 Å². The number of aliphatic hydroxyl groups is 1. The van der Waals surface area contributed by atoms with Gasteiger partial charge in [-0.2, -0.15) is 0 Å². The molecule has 0 aromatic heterocycles. The maximum Gasteiger partial charge on any atom is 0.129 e. The largest absolute Gasteiger partial charge is 0.388 e. The quantitative estimate of drug-likeness (QED) is 0.774. The van der Waals surface area contributed by atoms with E-state index in [-0.39, 0.29) is 11.0 Å². The Morgan fingerprint density at radius 3 is 2.57 bits per heavy atom. The molecule has 1 nitrogen and oxygen atoms in total. The van der Waals surface area contributed by atoms with E-state index in [0.29, 0.717) is 0 Å². The predicted molar refractivity (Wildman–Crippen MR) is 48.7 cm³/mol. The summed E-state index contributed by atoms with van der Waals surface area (Å²) in [5, 5.41) is 9.82. The third-order valence-electron chi connectivity index (χ3n) is 2.95. The van der Waals surface area contributed by atoms with Crippen LogP contribution in [0.1, 0.15) is 31.4 Å². The van der Waals surface area contributed by atoms with Gasteiger partial charge in [-0.1, -0.05) is 6.92 Å². The minimum Gasteiger partial charge on any atom is -0.388 e. The maximum atomic E-state index is 13.3. The molecule has 0 amide bonds. The molecule has 1 unspecified atom stereocenters. The van der Waals surface area contributed by atoms with Crippen molar-refractivity contribution in [3.63, 3.8) is 0 Å². The lowest BCUT2D eigenvalue weighted by Gasteiger charge is -2.18. The van der Waals surface area contributed by atoms with Gasteiger partial charge in [-0.25, -0.2) is 8.78 Å². The molecule has 1 aromatic rings. The number of aliphatic hydroxyl groups excluding tert-OH is 1. The van der Waals surface area contributed by atoms with Crippen molar-refractivity contribution in [1.29, 1.82) is 0 Å². The van der Waals surface area contributed by atoms with Crippen LogP contribution in [-0.2, 0) is 0 Å². The molecule has 0 radical (unpaired) electrons. The highest BCUT2D eigenvalue weighted by atomic mass is 19.1. The van der Waals surface area contributed by atoms with Crippen LogP contribution in [0.4, 0.5) is 8.78 Å². The molecule has 1 fully saturated rings. The van der Waals surface area contributed by atoms with Crippen molar-refractivity contribution in [2.75, 3.05) is 0 Å². The van der Waals surface area contributed by atoms with Crippen LogP contribution in [0.25, 0.3) is 0 Å². The molecule has 1 aliphatic rings. The smallest absolute Gasteiger partial charge is 0.129 e. The highest BCUT2D eigenvalue weighted by Crippen LogP contribution is 2.54. The van der Waals surface area contributed by atoms with Crippen molar-refractivity contribution in [2.45, 2.75) is 25.9 Å². The van der Waals surface area contributed by atoms with Gasteiger partial charge in [-0.05, 0) is 36.5 Å². The molecule has 0 saturated heterocycles. The van der Waals surface area contributed by atoms with E-state index in [0.717, 1.165) is 31.0 Å². The van der Waals surface area contributed by atoms with E-state index in [9.17, 15) is 13.9 Å². The molecule has 0 aliphatic heterocycles. The molecule has 0 bridgehead atoms. The second-order valence-corrected chi connectivity index (χ2v) is 4.22. The zero-order valence-electron chi connectivity index (χ0n) is 7.93. The number of hydrogen-bond donors (Lipinski definition) is 1. The van der Waals surface area contributed by atoms with Crippen LogP contribution in [-0.4, -0.2) is 5.11 Å². The third kappa shape index (κ3) is 1.52. The summed E-state index contributed by atoms with van der Waals surface area (Å²) in [6.07, 6.45) is 0.840. The second-order valence-electron chi connectivity index (χ2n) is 4.22. The van der Waals surface area contributed by atoms with Gasteiger partial charge in [0.2, 0.25) is 0 Å². The fourth-order valence-corrected chi connectivity index (χ4v) is 1.57. The van der Waals surface area contributed by atoms with E-state index in [4.69, 9.17) is 0 Å². The molecule has 1 N–H and O–H groups in total. The van der Waals surface area contributed by atoms with Gasteiger partial charge in [0.05, 0.1) is 6.10 Å². The first kappa shape index (κ1) is 9.59. The van der Waals surface area contributed by atoms with Crippen molar-refractivity contribution in [2.24, 2.45) is 5.41 Å². The highest BCUT2D eigenvalue weighted by Gasteiger charge is 2.45. The maximum absolute atomic E-state index is 13.3. The molecular weight excluding hydrogens is 186 g/mol. The average Bonchev–Trinajstić information content (AvgIpc) is 2.88. The van der Waals surface area contributed by atoms with Crippen LogP contribution in [0.3, 0.4) is 0 Å². The Labute approximate surface area is 81.4 Å². The third-order valence-corrected chi connectivity index (χ3v) is 2.95. The molecule has 1 aliphatic carbocycles. The fourth-order valence-electron chi connectivity index (χ4n) is 1.57. The summed E-state index contributed by atoms with van der Waals surface area (Å²) in [5.74, 6) is -1.04. The zero-order chi connectivity index (χ0) is 10.3. The Hall–Kier alpha value is -0.960. The van der Waals surface area contributed by atoms with Crippen molar-refractivity contribution in [1.82, 2.24) is 0 Å². The van der Waals surface area contributed by atoms with Gasteiger partial charge >= 0.3 is 0 Å². The zero-order valence-corrected chi connectivity index (χ0v) is 7.93. The lowest BCUT2D eigenvalue weighted by molar-refractivity contribution is 0.0994. The van der Waals surface area contributed by atoms with Gasteiger partial charge < -0.3 is 5.11 Å². The SMILES string of the molecule is CC1(C(O)c2cc(F)ccc2F)CC1. The van der Waals surface area contributed by atoms with E-state index in [1.165, 1.54) is 0 Å². The van der Waals surface area contributed by atoms with E-state index in [1.54, 1.807) is 0 Å². The molecular formula is C11H12F2O. The Balaban J connectivity index is 2.35. The van der Waals surface area contributed by atoms with E-state index >= 15 is 0 Å². The fraction of sp³-hybridized carbons (Fsp3) is 0.455. The van der Waals surface area contributed by atoms with Crippen LogP contribution >= 0.6 is 0 Å². The molecule has 1 aromatic carbocycles. The van der Waals surface area contributed by atoms with Crippen molar-refractivity contribution < 1.29 is 13.9 Å². The summed E-state index contributed by atoms with van der Waals surface area (Å²) in [6.45, 7) is 1.88. The van der Waals surface area contributed by atoms with E-state index < -0.39 is 17.7 Å². The van der Waals surface area contributed by atoms with Gasteiger partial charge in [0.1, 0.15) is 11.6 Å². The molecule has 14 heavy (non-hydrogen) atoms. The predicted octanol–water partition coefficient (Wildman–Crippen LogP) is 2.80. The van der Waals surface area contributed by atoms with Gasteiger partial charge in [-0.3, -0.25) is 0 Å². The van der Waals surface area contributed by atoms with Crippen molar-refractivity contribution in [3.8, 4) is 0 Å². The Kier molecular flexibility index (Phi) is 2.07. The first-order valence-corrected chi connectivity index (χ1v) is 4.66. The van der Waals surface area contributed by atoms with Crippen LogP contribution in [0.5, 0.6) is 0 Å². The van der Waals surface area contributed by atoms with Crippen LogP contribution in [0.2, 0.25) is 0 Å². The second kappa shape index (κ2) is 3.02. The minimum absolute atomic E-state index is 0.0741. The normalized spacial score (nSPS) is 20.6. The topological polar surface area (TPSA) is 20.2 Å².